The minimum atomic E-state index is -0.656. The lowest BCUT2D eigenvalue weighted by molar-refractivity contribution is -0.148. The molecule has 1 aliphatic rings. The number of aliphatic carboxylic acids is 1. The van der Waals surface area contributed by atoms with E-state index in [-0.39, 0.29) is 0 Å². The molecule has 82 valence electrons. The van der Waals surface area contributed by atoms with Crippen molar-refractivity contribution in [3.05, 3.63) is 0 Å². The smallest absolute Gasteiger partial charge is 0.309 e. The molecule has 0 aromatic carbocycles. The Hall–Kier alpha value is -0.530. The first-order chi connectivity index (χ1) is 6.42. The fraction of sp³-hybridized carbons (Fsp3) is 0.917. The minimum absolute atomic E-state index is 0.536. The SMILES string of the molecule is CC1CCC(CC(C)(C)C(=O)O)CC1. The molecule has 1 N–H and O–H groups in total. The van der Waals surface area contributed by atoms with Gasteiger partial charge in [-0.3, -0.25) is 4.79 Å². The number of hydrogen-bond acceptors (Lipinski definition) is 1. The van der Waals surface area contributed by atoms with E-state index in [4.69, 9.17) is 5.11 Å². The van der Waals surface area contributed by atoms with Gasteiger partial charge in [-0.2, -0.15) is 0 Å². The molecule has 0 saturated heterocycles. The van der Waals surface area contributed by atoms with Gasteiger partial charge in [0, 0.05) is 0 Å². The Bertz CT molecular complexity index is 200. The van der Waals surface area contributed by atoms with Crippen LogP contribution in [0, 0.1) is 17.3 Å². The first-order valence-electron chi connectivity index (χ1n) is 5.65. The second-order valence-corrected chi connectivity index (χ2v) is 5.52. The van der Waals surface area contributed by atoms with Gasteiger partial charge in [0.05, 0.1) is 5.41 Å². The Morgan fingerprint density at radius 1 is 1.29 bits per heavy atom. The van der Waals surface area contributed by atoms with Crippen LogP contribution >= 0.6 is 0 Å². The Labute approximate surface area is 86.7 Å². The van der Waals surface area contributed by atoms with Crippen LogP contribution < -0.4 is 0 Å². The van der Waals surface area contributed by atoms with Gasteiger partial charge in [0.1, 0.15) is 0 Å². The molecule has 0 heterocycles. The quantitative estimate of drug-likeness (QED) is 0.755. The predicted molar refractivity (Wildman–Crippen MR) is 57.2 cm³/mol. The standard InChI is InChI=1S/C12H22O2/c1-9-4-6-10(7-5-9)8-12(2,3)11(13)14/h9-10H,4-8H2,1-3H3,(H,13,14). The molecule has 1 aliphatic carbocycles. The number of carboxylic acids is 1. The first kappa shape index (κ1) is 11.5. The van der Waals surface area contributed by atoms with Crippen LogP contribution in [0.3, 0.4) is 0 Å². The number of rotatable bonds is 3. The Kier molecular flexibility index (Phi) is 3.57. The molecular formula is C12H22O2. The van der Waals surface area contributed by atoms with Crippen molar-refractivity contribution in [2.24, 2.45) is 17.3 Å². The second kappa shape index (κ2) is 4.33. The highest BCUT2D eigenvalue weighted by Crippen LogP contribution is 2.36. The maximum Gasteiger partial charge on any atom is 0.309 e. The normalized spacial score (nSPS) is 28.8. The zero-order chi connectivity index (χ0) is 10.8. The Morgan fingerprint density at radius 2 is 1.79 bits per heavy atom. The van der Waals surface area contributed by atoms with Crippen LogP contribution in [0.15, 0.2) is 0 Å². The van der Waals surface area contributed by atoms with Gasteiger partial charge in [0.2, 0.25) is 0 Å². The van der Waals surface area contributed by atoms with Gasteiger partial charge >= 0.3 is 5.97 Å². The molecular weight excluding hydrogens is 176 g/mol. The highest BCUT2D eigenvalue weighted by atomic mass is 16.4. The predicted octanol–water partition coefficient (Wildman–Crippen LogP) is 3.31. The molecule has 2 nitrogen and oxygen atoms in total. The molecule has 0 amide bonds. The molecule has 0 aliphatic heterocycles. The summed E-state index contributed by atoms with van der Waals surface area (Å²) in [5.41, 5.74) is -0.536. The number of carbonyl (C=O) groups is 1. The summed E-state index contributed by atoms with van der Waals surface area (Å²) < 4.78 is 0. The number of carboxylic acid groups (broad SMARTS) is 1. The fourth-order valence-electron chi connectivity index (χ4n) is 2.34. The molecule has 0 unspecified atom stereocenters. The van der Waals surface area contributed by atoms with Gasteiger partial charge in [0.25, 0.3) is 0 Å². The van der Waals surface area contributed by atoms with Gasteiger partial charge in [0.15, 0.2) is 0 Å². The third-order valence-corrected chi connectivity index (χ3v) is 3.51. The van der Waals surface area contributed by atoms with Crippen LogP contribution in [0.25, 0.3) is 0 Å². The lowest BCUT2D eigenvalue weighted by Crippen LogP contribution is -2.28. The number of hydrogen-bond donors (Lipinski definition) is 1. The van der Waals surface area contributed by atoms with Crippen LogP contribution in [-0.4, -0.2) is 11.1 Å². The summed E-state index contributed by atoms with van der Waals surface area (Å²) >= 11 is 0. The van der Waals surface area contributed by atoms with E-state index >= 15 is 0 Å². The van der Waals surface area contributed by atoms with Crippen LogP contribution in [-0.2, 0) is 4.79 Å². The van der Waals surface area contributed by atoms with Crippen molar-refractivity contribution in [3.8, 4) is 0 Å². The molecule has 14 heavy (non-hydrogen) atoms. The molecule has 1 rings (SSSR count). The van der Waals surface area contributed by atoms with Crippen molar-refractivity contribution in [1.29, 1.82) is 0 Å². The largest absolute Gasteiger partial charge is 0.481 e. The molecule has 0 spiro atoms. The van der Waals surface area contributed by atoms with Crippen molar-refractivity contribution in [2.75, 3.05) is 0 Å². The lowest BCUT2D eigenvalue weighted by atomic mass is 9.74. The van der Waals surface area contributed by atoms with E-state index in [1.54, 1.807) is 0 Å². The molecule has 1 fully saturated rings. The molecule has 0 aromatic heterocycles. The highest BCUT2D eigenvalue weighted by Gasteiger charge is 2.31. The average Bonchev–Trinajstić information content (AvgIpc) is 2.08. The van der Waals surface area contributed by atoms with E-state index in [2.05, 4.69) is 6.92 Å². The third-order valence-electron chi connectivity index (χ3n) is 3.51. The van der Waals surface area contributed by atoms with Gasteiger partial charge in [-0.05, 0) is 32.1 Å². The Morgan fingerprint density at radius 3 is 2.21 bits per heavy atom. The van der Waals surface area contributed by atoms with Crippen LogP contribution in [0.2, 0.25) is 0 Å². The molecule has 1 saturated carbocycles. The summed E-state index contributed by atoms with van der Waals surface area (Å²) in [7, 11) is 0. The van der Waals surface area contributed by atoms with Gasteiger partial charge in [-0.1, -0.05) is 32.6 Å². The first-order valence-corrected chi connectivity index (χ1v) is 5.65. The molecule has 0 bridgehead atoms. The summed E-state index contributed by atoms with van der Waals surface area (Å²) in [6.07, 6.45) is 5.84. The summed E-state index contributed by atoms with van der Waals surface area (Å²) in [4.78, 5) is 11.0. The maximum absolute atomic E-state index is 11.0. The summed E-state index contributed by atoms with van der Waals surface area (Å²) in [6, 6.07) is 0. The van der Waals surface area contributed by atoms with Crippen molar-refractivity contribution < 1.29 is 9.90 Å². The topological polar surface area (TPSA) is 37.3 Å². The van der Waals surface area contributed by atoms with E-state index in [9.17, 15) is 4.79 Å². The van der Waals surface area contributed by atoms with E-state index in [0.29, 0.717) is 5.92 Å². The maximum atomic E-state index is 11.0. The summed E-state index contributed by atoms with van der Waals surface area (Å²) in [6.45, 7) is 5.97. The Balaban J connectivity index is 2.41. The minimum Gasteiger partial charge on any atom is -0.481 e. The van der Waals surface area contributed by atoms with Crippen molar-refractivity contribution in [1.82, 2.24) is 0 Å². The van der Waals surface area contributed by atoms with Crippen molar-refractivity contribution in [2.45, 2.75) is 52.9 Å². The van der Waals surface area contributed by atoms with E-state index in [0.717, 1.165) is 12.3 Å². The average molecular weight is 198 g/mol. The second-order valence-electron chi connectivity index (χ2n) is 5.52. The van der Waals surface area contributed by atoms with Crippen molar-refractivity contribution >= 4 is 5.97 Å². The molecule has 2 heteroatoms. The van der Waals surface area contributed by atoms with Gasteiger partial charge in [-0.15, -0.1) is 0 Å². The zero-order valence-corrected chi connectivity index (χ0v) is 9.55. The van der Waals surface area contributed by atoms with E-state index in [1.807, 2.05) is 13.8 Å². The lowest BCUT2D eigenvalue weighted by Gasteiger charge is -2.31. The zero-order valence-electron chi connectivity index (χ0n) is 9.55. The van der Waals surface area contributed by atoms with Gasteiger partial charge < -0.3 is 5.11 Å². The molecule has 0 aromatic rings. The van der Waals surface area contributed by atoms with E-state index < -0.39 is 11.4 Å². The van der Waals surface area contributed by atoms with Gasteiger partial charge in [-0.25, -0.2) is 0 Å². The van der Waals surface area contributed by atoms with Crippen LogP contribution in [0.4, 0.5) is 0 Å². The van der Waals surface area contributed by atoms with E-state index in [1.165, 1.54) is 25.7 Å². The monoisotopic (exact) mass is 198 g/mol. The fourth-order valence-corrected chi connectivity index (χ4v) is 2.34. The van der Waals surface area contributed by atoms with Crippen LogP contribution in [0.5, 0.6) is 0 Å². The third kappa shape index (κ3) is 3.00. The van der Waals surface area contributed by atoms with Crippen LogP contribution in [0.1, 0.15) is 52.9 Å². The summed E-state index contributed by atoms with van der Waals surface area (Å²) in [5, 5.41) is 9.02. The van der Waals surface area contributed by atoms with Crippen molar-refractivity contribution in [3.63, 3.8) is 0 Å². The summed E-state index contributed by atoms with van der Waals surface area (Å²) in [5.74, 6) is 0.826. The molecule has 0 radical (unpaired) electrons. The molecule has 0 atom stereocenters. The highest BCUT2D eigenvalue weighted by molar-refractivity contribution is 5.73.